The van der Waals surface area contributed by atoms with Crippen molar-refractivity contribution < 1.29 is 13.2 Å². The summed E-state index contributed by atoms with van der Waals surface area (Å²) in [6, 6.07) is 15.1. The molecule has 1 aromatic heterocycles. The Bertz CT molecular complexity index is 1230. The molecule has 0 saturated heterocycles. The summed E-state index contributed by atoms with van der Waals surface area (Å²) in [5.41, 5.74) is 2.38. The molecule has 2 aromatic carbocycles. The number of carbonyl (C=O) groups excluding carboxylic acids is 1. The molecule has 1 fully saturated rings. The fraction of sp³-hybridized carbons (Fsp3) is 0.417. The molecule has 1 aliphatic rings. The molecule has 0 aliphatic heterocycles. The van der Waals surface area contributed by atoms with Gasteiger partial charge in [0.2, 0.25) is 15.9 Å². The number of nitrogens with one attached hydrogen (secondary N) is 1. The summed E-state index contributed by atoms with van der Waals surface area (Å²) >= 11 is 1.41. The highest BCUT2D eigenvalue weighted by molar-refractivity contribution is 8.00. The maximum absolute atomic E-state index is 13.1. The molecule has 0 bridgehead atoms. The van der Waals surface area contributed by atoms with Crippen LogP contribution >= 0.6 is 11.8 Å². The Morgan fingerprint density at radius 1 is 1.15 bits per heavy atom. The monoisotopic (exact) mass is 486 g/mol. The number of nitrogens with zero attached hydrogens (tertiary/aromatic N) is 3. The average molecular weight is 487 g/mol. The van der Waals surface area contributed by atoms with E-state index in [4.69, 9.17) is 4.98 Å². The van der Waals surface area contributed by atoms with Gasteiger partial charge in [0.05, 0.1) is 15.9 Å². The molecule has 9 heteroatoms. The van der Waals surface area contributed by atoms with E-state index in [9.17, 15) is 13.2 Å². The van der Waals surface area contributed by atoms with E-state index >= 15 is 0 Å². The number of hydrogen-bond donors (Lipinski definition) is 1. The summed E-state index contributed by atoms with van der Waals surface area (Å²) in [5, 5.41) is 3.38. The minimum absolute atomic E-state index is 0.0202. The number of thioether (sulfide) groups is 1. The topological polar surface area (TPSA) is 84.3 Å². The standard InChI is InChI=1S/C24H30N4O3S2/c1-4-27(5-2)33(30,31)19-14-15-21-20(16-19)26-24(28(21)6-3)32-22(17-10-8-7-9-11-17)23(29)25-18-12-13-18/h7-11,14-16,18,22H,4-6,12-13H2,1-3H3,(H,25,29)/t22-/m1/s1. The van der Waals surface area contributed by atoms with Gasteiger partial charge in [-0.25, -0.2) is 13.4 Å². The second-order valence-electron chi connectivity index (χ2n) is 8.07. The fourth-order valence-electron chi connectivity index (χ4n) is 3.87. The maximum Gasteiger partial charge on any atom is 0.243 e. The first-order chi connectivity index (χ1) is 15.9. The fourth-order valence-corrected chi connectivity index (χ4v) is 6.53. The predicted octanol–water partition coefficient (Wildman–Crippen LogP) is 4.20. The number of fused-ring (bicyclic) bond motifs is 1. The average Bonchev–Trinajstić information content (AvgIpc) is 3.56. The molecule has 4 rings (SSSR count). The van der Waals surface area contributed by atoms with Crippen LogP contribution in [0.25, 0.3) is 11.0 Å². The Balaban J connectivity index is 1.72. The van der Waals surface area contributed by atoms with Crippen LogP contribution in [0.1, 0.15) is 44.4 Å². The van der Waals surface area contributed by atoms with Crippen molar-refractivity contribution in [3.8, 4) is 0 Å². The number of benzene rings is 2. The van der Waals surface area contributed by atoms with Gasteiger partial charge in [-0.05, 0) is 43.5 Å². The van der Waals surface area contributed by atoms with Crippen molar-refractivity contribution in [3.63, 3.8) is 0 Å². The highest BCUT2D eigenvalue weighted by Gasteiger charge is 2.30. The molecule has 1 atom stereocenters. The Labute approximate surface area is 199 Å². The van der Waals surface area contributed by atoms with E-state index in [1.807, 2.05) is 61.7 Å². The van der Waals surface area contributed by atoms with Gasteiger partial charge in [0.25, 0.3) is 0 Å². The first kappa shape index (κ1) is 23.8. The minimum Gasteiger partial charge on any atom is -0.352 e. The summed E-state index contributed by atoms with van der Waals surface area (Å²) in [5.74, 6) is -0.0202. The summed E-state index contributed by atoms with van der Waals surface area (Å²) in [4.78, 5) is 18.1. The zero-order valence-electron chi connectivity index (χ0n) is 19.2. The van der Waals surface area contributed by atoms with E-state index in [0.29, 0.717) is 30.3 Å². The number of amides is 1. The van der Waals surface area contributed by atoms with E-state index < -0.39 is 15.3 Å². The third-order valence-corrected chi connectivity index (χ3v) is 9.12. The second kappa shape index (κ2) is 9.87. The molecular formula is C24H30N4O3S2. The van der Waals surface area contributed by atoms with E-state index in [-0.39, 0.29) is 16.8 Å². The first-order valence-corrected chi connectivity index (χ1v) is 13.7. The van der Waals surface area contributed by atoms with Crippen LogP contribution in [-0.2, 0) is 21.4 Å². The normalized spacial score (nSPS) is 15.2. The molecule has 176 valence electrons. The van der Waals surface area contributed by atoms with Crippen molar-refractivity contribution in [2.24, 2.45) is 0 Å². The lowest BCUT2D eigenvalue weighted by Gasteiger charge is -2.18. The van der Waals surface area contributed by atoms with Crippen LogP contribution in [-0.4, -0.2) is 47.3 Å². The van der Waals surface area contributed by atoms with Gasteiger partial charge in [-0.3, -0.25) is 4.79 Å². The number of imidazole rings is 1. The summed E-state index contributed by atoms with van der Waals surface area (Å²) < 4.78 is 29.5. The van der Waals surface area contributed by atoms with Crippen molar-refractivity contribution in [1.82, 2.24) is 19.2 Å². The van der Waals surface area contributed by atoms with Gasteiger partial charge in [0.15, 0.2) is 5.16 Å². The van der Waals surface area contributed by atoms with Crippen LogP contribution in [0.3, 0.4) is 0 Å². The molecule has 3 aromatic rings. The number of carbonyl (C=O) groups is 1. The third kappa shape index (κ3) is 4.95. The third-order valence-electron chi connectivity index (χ3n) is 5.83. The van der Waals surface area contributed by atoms with Crippen LogP contribution in [0.2, 0.25) is 0 Å². The van der Waals surface area contributed by atoms with Gasteiger partial charge in [0, 0.05) is 25.7 Å². The van der Waals surface area contributed by atoms with Crippen LogP contribution in [0.15, 0.2) is 58.6 Å². The maximum atomic E-state index is 13.1. The quantitative estimate of drug-likeness (QED) is 0.434. The Kier molecular flexibility index (Phi) is 7.11. The molecule has 1 saturated carbocycles. The molecule has 0 radical (unpaired) electrons. The van der Waals surface area contributed by atoms with E-state index in [1.54, 1.807) is 12.1 Å². The highest BCUT2D eigenvalue weighted by Crippen LogP contribution is 2.38. The zero-order valence-corrected chi connectivity index (χ0v) is 20.8. The minimum atomic E-state index is -3.58. The van der Waals surface area contributed by atoms with Crippen molar-refractivity contribution >= 4 is 38.7 Å². The molecule has 1 amide bonds. The number of sulfonamides is 1. The van der Waals surface area contributed by atoms with Gasteiger partial charge < -0.3 is 9.88 Å². The molecule has 1 aliphatic carbocycles. The molecule has 33 heavy (non-hydrogen) atoms. The molecular weight excluding hydrogens is 456 g/mol. The van der Waals surface area contributed by atoms with Gasteiger partial charge in [-0.15, -0.1) is 0 Å². The van der Waals surface area contributed by atoms with Gasteiger partial charge in [0.1, 0.15) is 5.25 Å². The Hall–Kier alpha value is -2.36. The predicted molar refractivity (Wildman–Crippen MR) is 132 cm³/mol. The van der Waals surface area contributed by atoms with Gasteiger partial charge in [-0.1, -0.05) is 55.9 Å². The number of aromatic nitrogens is 2. The number of rotatable bonds is 10. The SMILES string of the molecule is CCN(CC)S(=O)(=O)c1ccc2c(c1)nc(S[C@@H](C(=O)NC1CC1)c1ccccc1)n2CC. The second-order valence-corrected chi connectivity index (χ2v) is 11.1. The van der Waals surface area contributed by atoms with Crippen molar-refractivity contribution in [2.45, 2.75) is 61.5 Å². The first-order valence-electron chi connectivity index (χ1n) is 11.4. The lowest BCUT2D eigenvalue weighted by atomic mass is 10.1. The number of hydrogen-bond acceptors (Lipinski definition) is 5. The molecule has 1 N–H and O–H groups in total. The highest BCUT2D eigenvalue weighted by atomic mass is 32.2. The van der Waals surface area contributed by atoms with Crippen LogP contribution in [0.4, 0.5) is 0 Å². The molecule has 0 spiro atoms. The Morgan fingerprint density at radius 2 is 1.85 bits per heavy atom. The summed E-state index contributed by atoms with van der Waals surface area (Å²) in [7, 11) is -3.58. The number of aryl methyl sites for hydroxylation is 1. The lowest BCUT2D eigenvalue weighted by Crippen LogP contribution is -2.30. The van der Waals surface area contributed by atoms with Crippen LogP contribution < -0.4 is 5.32 Å². The van der Waals surface area contributed by atoms with Gasteiger partial charge in [-0.2, -0.15) is 4.31 Å². The Morgan fingerprint density at radius 3 is 2.45 bits per heavy atom. The molecule has 0 unspecified atom stereocenters. The van der Waals surface area contributed by atoms with Crippen molar-refractivity contribution in [3.05, 3.63) is 54.1 Å². The molecule has 7 nitrogen and oxygen atoms in total. The van der Waals surface area contributed by atoms with Gasteiger partial charge >= 0.3 is 0 Å². The van der Waals surface area contributed by atoms with E-state index in [0.717, 1.165) is 23.9 Å². The van der Waals surface area contributed by atoms with Crippen molar-refractivity contribution in [1.29, 1.82) is 0 Å². The zero-order chi connectivity index (χ0) is 23.6. The molecule has 1 heterocycles. The van der Waals surface area contributed by atoms with E-state index in [1.165, 1.54) is 16.1 Å². The lowest BCUT2D eigenvalue weighted by molar-refractivity contribution is -0.120. The van der Waals surface area contributed by atoms with E-state index in [2.05, 4.69) is 5.32 Å². The van der Waals surface area contributed by atoms with Crippen LogP contribution in [0.5, 0.6) is 0 Å². The summed E-state index contributed by atoms with van der Waals surface area (Å²) in [6.45, 7) is 7.17. The van der Waals surface area contributed by atoms with Crippen LogP contribution in [0, 0.1) is 0 Å². The summed E-state index contributed by atoms with van der Waals surface area (Å²) in [6.07, 6.45) is 2.05. The smallest absolute Gasteiger partial charge is 0.243 e. The van der Waals surface area contributed by atoms with Crippen molar-refractivity contribution in [2.75, 3.05) is 13.1 Å². The largest absolute Gasteiger partial charge is 0.352 e.